The van der Waals surface area contributed by atoms with Gasteiger partial charge in [0.25, 0.3) is 0 Å². The van der Waals surface area contributed by atoms with Crippen molar-refractivity contribution in [2.45, 2.75) is 37.9 Å². The Hall–Kier alpha value is -1.06. The lowest BCUT2D eigenvalue weighted by atomic mass is 9.98. The first-order chi connectivity index (χ1) is 8.84. The number of fused-ring (bicyclic) bond motifs is 1. The Morgan fingerprint density at radius 1 is 1.22 bits per heavy atom. The van der Waals surface area contributed by atoms with Crippen LogP contribution in [0.15, 0.2) is 24.3 Å². The minimum absolute atomic E-state index is 0.301. The van der Waals surface area contributed by atoms with Crippen LogP contribution in [-0.2, 0) is 4.74 Å². The van der Waals surface area contributed by atoms with Crippen molar-refractivity contribution in [2.75, 3.05) is 24.6 Å². The summed E-state index contributed by atoms with van der Waals surface area (Å²) in [6.07, 6.45) is 4.53. The summed E-state index contributed by atoms with van der Waals surface area (Å²) in [7, 11) is 0. The number of benzene rings is 1. The van der Waals surface area contributed by atoms with Gasteiger partial charge in [-0.15, -0.1) is 0 Å². The van der Waals surface area contributed by atoms with Crippen molar-refractivity contribution in [3.8, 4) is 0 Å². The molecule has 3 nitrogen and oxygen atoms in total. The number of nitrogens with zero attached hydrogens (tertiary/aromatic N) is 1. The molecule has 2 unspecified atom stereocenters. The average Bonchev–Trinajstić information content (AvgIpc) is 2.44. The highest BCUT2D eigenvalue weighted by Gasteiger charge is 2.25. The average molecular weight is 247 g/mol. The van der Waals surface area contributed by atoms with Gasteiger partial charge in [-0.25, -0.2) is 0 Å². The smallest absolute Gasteiger partial charge is 0.0826 e. The van der Waals surface area contributed by atoms with E-state index in [1.165, 1.54) is 24.9 Å². The van der Waals surface area contributed by atoms with E-state index in [9.17, 15) is 5.11 Å². The third-order valence-electron chi connectivity index (χ3n) is 4.01. The van der Waals surface area contributed by atoms with Crippen molar-refractivity contribution in [3.05, 3.63) is 29.8 Å². The van der Waals surface area contributed by atoms with Crippen molar-refractivity contribution in [1.82, 2.24) is 0 Å². The maximum absolute atomic E-state index is 10.0. The number of rotatable bonds is 2. The van der Waals surface area contributed by atoms with Crippen LogP contribution in [0.5, 0.6) is 0 Å². The molecule has 1 aromatic rings. The Kier molecular flexibility index (Phi) is 3.52. The summed E-state index contributed by atoms with van der Waals surface area (Å²) in [5.41, 5.74) is 2.25. The van der Waals surface area contributed by atoms with Gasteiger partial charge in [0.1, 0.15) is 0 Å². The zero-order chi connectivity index (χ0) is 12.4. The van der Waals surface area contributed by atoms with Gasteiger partial charge in [-0.05, 0) is 31.7 Å². The number of aliphatic hydroxyl groups excluding tert-OH is 1. The Morgan fingerprint density at radius 2 is 2.11 bits per heavy atom. The van der Waals surface area contributed by atoms with Gasteiger partial charge in [-0.2, -0.15) is 0 Å². The first-order valence-corrected chi connectivity index (χ1v) is 6.98. The van der Waals surface area contributed by atoms with Crippen molar-refractivity contribution in [2.24, 2.45) is 0 Å². The van der Waals surface area contributed by atoms with E-state index in [1.807, 2.05) is 18.2 Å². The summed E-state index contributed by atoms with van der Waals surface area (Å²) in [6.45, 7) is 2.80. The minimum Gasteiger partial charge on any atom is -0.388 e. The second-order valence-corrected chi connectivity index (χ2v) is 5.30. The number of anilines is 1. The van der Waals surface area contributed by atoms with E-state index in [4.69, 9.17) is 4.74 Å². The highest BCUT2D eigenvalue weighted by molar-refractivity contribution is 5.56. The standard InChI is InChI=1S/C15H21NO2/c17-15-8-9-16(11-12-5-3-4-10-18-12)14-7-2-1-6-13(14)15/h1-2,6-7,12,15,17H,3-5,8-11H2. The molecular formula is C15H21NO2. The zero-order valence-corrected chi connectivity index (χ0v) is 10.7. The largest absolute Gasteiger partial charge is 0.388 e. The number of ether oxygens (including phenoxy) is 1. The van der Waals surface area contributed by atoms with Crippen LogP contribution in [0, 0.1) is 0 Å². The van der Waals surface area contributed by atoms with Crippen LogP contribution >= 0.6 is 0 Å². The van der Waals surface area contributed by atoms with Crippen molar-refractivity contribution < 1.29 is 9.84 Å². The molecule has 0 radical (unpaired) electrons. The summed E-state index contributed by atoms with van der Waals surface area (Å²) in [6, 6.07) is 8.20. The van der Waals surface area contributed by atoms with Crippen LogP contribution in [0.3, 0.4) is 0 Å². The van der Waals surface area contributed by atoms with E-state index in [0.717, 1.165) is 31.7 Å². The molecule has 2 heterocycles. The third-order valence-corrected chi connectivity index (χ3v) is 4.01. The first kappa shape index (κ1) is 12.0. The predicted molar refractivity (Wildman–Crippen MR) is 71.8 cm³/mol. The molecule has 98 valence electrons. The summed E-state index contributed by atoms with van der Waals surface area (Å²) in [5, 5.41) is 10.0. The van der Waals surface area contributed by atoms with Crippen molar-refractivity contribution in [3.63, 3.8) is 0 Å². The lowest BCUT2D eigenvalue weighted by Crippen LogP contribution is -2.39. The zero-order valence-electron chi connectivity index (χ0n) is 10.7. The molecule has 18 heavy (non-hydrogen) atoms. The van der Waals surface area contributed by atoms with E-state index in [1.54, 1.807) is 0 Å². The van der Waals surface area contributed by atoms with E-state index in [-0.39, 0.29) is 6.10 Å². The number of hydrogen-bond acceptors (Lipinski definition) is 3. The fourth-order valence-corrected chi connectivity index (χ4v) is 3.00. The van der Waals surface area contributed by atoms with E-state index < -0.39 is 0 Å². The monoisotopic (exact) mass is 247 g/mol. The Labute approximate surface area is 108 Å². The molecule has 3 heteroatoms. The highest BCUT2D eigenvalue weighted by atomic mass is 16.5. The normalized spacial score (nSPS) is 27.9. The molecule has 0 amide bonds. The van der Waals surface area contributed by atoms with Gasteiger partial charge in [-0.1, -0.05) is 18.2 Å². The molecule has 0 aliphatic carbocycles. The molecule has 1 N–H and O–H groups in total. The topological polar surface area (TPSA) is 32.7 Å². The van der Waals surface area contributed by atoms with Gasteiger partial charge in [0, 0.05) is 30.9 Å². The van der Waals surface area contributed by atoms with Crippen LogP contribution in [-0.4, -0.2) is 30.9 Å². The van der Waals surface area contributed by atoms with E-state index >= 15 is 0 Å². The summed E-state index contributed by atoms with van der Waals surface area (Å²) >= 11 is 0. The molecule has 0 bridgehead atoms. The maximum Gasteiger partial charge on any atom is 0.0826 e. The van der Waals surface area contributed by atoms with Crippen LogP contribution < -0.4 is 4.90 Å². The van der Waals surface area contributed by atoms with Gasteiger partial charge >= 0.3 is 0 Å². The van der Waals surface area contributed by atoms with E-state index in [0.29, 0.717) is 6.10 Å². The molecule has 2 atom stereocenters. The van der Waals surface area contributed by atoms with E-state index in [2.05, 4.69) is 11.0 Å². The quantitative estimate of drug-likeness (QED) is 0.871. The number of aliphatic hydroxyl groups is 1. The van der Waals surface area contributed by atoms with Crippen molar-refractivity contribution >= 4 is 5.69 Å². The second-order valence-electron chi connectivity index (χ2n) is 5.30. The van der Waals surface area contributed by atoms with Crippen LogP contribution in [0.1, 0.15) is 37.4 Å². The second kappa shape index (κ2) is 5.29. The first-order valence-electron chi connectivity index (χ1n) is 6.98. The molecule has 2 aliphatic heterocycles. The Balaban J connectivity index is 1.75. The van der Waals surface area contributed by atoms with Crippen LogP contribution in [0.2, 0.25) is 0 Å². The number of para-hydroxylation sites is 1. The van der Waals surface area contributed by atoms with Gasteiger partial charge in [0.15, 0.2) is 0 Å². The fraction of sp³-hybridized carbons (Fsp3) is 0.600. The van der Waals surface area contributed by atoms with Gasteiger partial charge in [0.2, 0.25) is 0 Å². The molecule has 0 aromatic heterocycles. The van der Waals surface area contributed by atoms with Gasteiger partial charge in [-0.3, -0.25) is 0 Å². The third kappa shape index (κ3) is 2.38. The molecule has 2 aliphatic rings. The minimum atomic E-state index is -0.301. The highest BCUT2D eigenvalue weighted by Crippen LogP contribution is 2.33. The van der Waals surface area contributed by atoms with Crippen molar-refractivity contribution in [1.29, 1.82) is 0 Å². The van der Waals surface area contributed by atoms with Gasteiger partial charge < -0.3 is 14.7 Å². The Bertz CT molecular complexity index is 401. The molecule has 1 fully saturated rings. The SMILES string of the molecule is OC1CCN(CC2CCCCO2)c2ccccc21. The Morgan fingerprint density at radius 3 is 2.94 bits per heavy atom. The molecule has 3 rings (SSSR count). The molecule has 0 spiro atoms. The molecule has 0 saturated carbocycles. The lowest BCUT2D eigenvalue weighted by Gasteiger charge is -2.37. The number of hydrogen-bond donors (Lipinski definition) is 1. The fourth-order valence-electron chi connectivity index (χ4n) is 3.00. The van der Waals surface area contributed by atoms with Gasteiger partial charge in [0.05, 0.1) is 12.2 Å². The molecule has 1 aromatic carbocycles. The lowest BCUT2D eigenvalue weighted by molar-refractivity contribution is 0.0201. The van der Waals surface area contributed by atoms with Crippen LogP contribution in [0.4, 0.5) is 5.69 Å². The van der Waals surface area contributed by atoms with Crippen LogP contribution in [0.25, 0.3) is 0 Å². The predicted octanol–water partition coefficient (Wildman–Crippen LogP) is 2.50. The molecular weight excluding hydrogens is 226 g/mol. The summed E-state index contributed by atoms with van der Waals surface area (Å²) in [5.74, 6) is 0. The molecule has 1 saturated heterocycles. The summed E-state index contributed by atoms with van der Waals surface area (Å²) in [4.78, 5) is 2.37. The maximum atomic E-state index is 10.0. The summed E-state index contributed by atoms with van der Waals surface area (Å²) < 4.78 is 5.82.